The summed E-state index contributed by atoms with van der Waals surface area (Å²) >= 11 is 3.59. The number of halogens is 1. The minimum absolute atomic E-state index is 0.373. The van der Waals surface area contributed by atoms with Gasteiger partial charge in [-0.2, -0.15) is 0 Å². The van der Waals surface area contributed by atoms with Crippen LogP contribution in [0.2, 0.25) is 0 Å². The molecule has 2 rings (SSSR count). The standard InChI is InChI=1S/C17H20BrN/c1-12-8-9-14(10-13(12)2)11-17(3,19)15-6-4-5-7-16(15)18/h4-10H,11,19H2,1-3H3. The second-order valence-electron chi connectivity index (χ2n) is 5.49. The van der Waals surface area contributed by atoms with Crippen LogP contribution >= 0.6 is 15.9 Å². The molecule has 2 aromatic carbocycles. The molecule has 0 heterocycles. The van der Waals surface area contributed by atoms with Gasteiger partial charge in [0.2, 0.25) is 0 Å². The van der Waals surface area contributed by atoms with E-state index in [-0.39, 0.29) is 5.54 Å². The third kappa shape index (κ3) is 3.26. The summed E-state index contributed by atoms with van der Waals surface area (Å²) in [5.74, 6) is 0. The van der Waals surface area contributed by atoms with Crippen molar-refractivity contribution in [1.82, 2.24) is 0 Å². The van der Waals surface area contributed by atoms with E-state index in [9.17, 15) is 0 Å². The van der Waals surface area contributed by atoms with Gasteiger partial charge in [-0.1, -0.05) is 52.3 Å². The van der Waals surface area contributed by atoms with E-state index in [1.54, 1.807) is 0 Å². The Balaban J connectivity index is 2.31. The summed E-state index contributed by atoms with van der Waals surface area (Å²) in [6, 6.07) is 14.7. The van der Waals surface area contributed by atoms with Crippen LogP contribution in [0.5, 0.6) is 0 Å². The van der Waals surface area contributed by atoms with Gasteiger partial charge in [-0.15, -0.1) is 0 Å². The molecule has 0 aromatic heterocycles. The highest BCUT2D eigenvalue weighted by molar-refractivity contribution is 9.10. The summed E-state index contributed by atoms with van der Waals surface area (Å²) in [4.78, 5) is 0. The van der Waals surface area contributed by atoms with Crippen molar-refractivity contribution in [1.29, 1.82) is 0 Å². The molecule has 1 unspecified atom stereocenters. The summed E-state index contributed by atoms with van der Waals surface area (Å²) in [5.41, 5.74) is 11.2. The predicted molar refractivity (Wildman–Crippen MR) is 85.3 cm³/mol. The van der Waals surface area contributed by atoms with E-state index in [0.29, 0.717) is 0 Å². The van der Waals surface area contributed by atoms with Gasteiger partial charge in [-0.05, 0) is 55.5 Å². The van der Waals surface area contributed by atoms with Crippen molar-refractivity contribution in [3.05, 3.63) is 69.2 Å². The van der Waals surface area contributed by atoms with E-state index in [2.05, 4.69) is 61.0 Å². The lowest BCUT2D eigenvalue weighted by Crippen LogP contribution is -2.35. The SMILES string of the molecule is Cc1ccc(CC(C)(N)c2ccccc2Br)cc1C. The summed E-state index contributed by atoms with van der Waals surface area (Å²) in [6.45, 7) is 6.36. The second-order valence-corrected chi connectivity index (χ2v) is 6.35. The Morgan fingerprint density at radius 1 is 1.05 bits per heavy atom. The number of aryl methyl sites for hydroxylation is 2. The third-order valence-corrected chi connectivity index (χ3v) is 4.32. The fourth-order valence-electron chi connectivity index (χ4n) is 2.36. The highest BCUT2D eigenvalue weighted by Crippen LogP contribution is 2.29. The average Bonchev–Trinajstić information content (AvgIpc) is 2.34. The number of nitrogens with two attached hydrogens (primary N) is 1. The zero-order valence-corrected chi connectivity index (χ0v) is 13.3. The molecule has 2 heteroatoms. The summed E-state index contributed by atoms with van der Waals surface area (Å²) in [5, 5.41) is 0. The molecule has 0 aliphatic rings. The van der Waals surface area contributed by atoms with Crippen molar-refractivity contribution in [2.24, 2.45) is 5.73 Å². The van der Waals surface area contributed by atoms with Crippen molar-refractivity contribution < 1.29 is 0 Å². The van der Waals surface area contributed by atoms with Gasteiger partial charge in [0.15, 0.2) is 0 Å². The van der Waals surface area contributed by atoms with E-state index in [1.165, 1.54) is 16.7 Å². The maximum absolute atomic E-state index is 6.53. The molecule has 19 heavy (non-hydrogen) atoms. The van der Waals surface area contributed by atoms with Gasteiger partial charge in [0, 0.05) is 10.0 Å². The quantitative estimate of drug-likeness (QED) is 0.887. The van der Waals surface area contributed by atoms with Crippen LogP contribution in [0.3, 0.4) is 0 Å². The van der Waals surface area contributed by atoms with E-state index < -0.39 is 0 Å². The predicted octanol–water partition coefficient (Wildman–Crippen LogP) is 4.48. The second kappa shape index (κ2) is 5.48. The normalized spacial score (nSPS) is 14.2. The number of hydrogen-bond acceptors (Lipinski definition) is 1. The lowest BCUT2D eigenvalue weighted by molar-refractivity contribution is 0.489. The molecule has 0 radical (unpaired) electrons. The van der Waals surface area contributed by atoms with E-state index in [1.807, 2.05) is 18.2 Å². The van der Waals surface area contributed by atoms with Gasteiger partial charge >= 0.3 is 0 Å². The first-order valence-corrected chi connectivity index (χ1v) is 7.29. The Labute approximate surface area is 124 Å². The zero-order valence-electron chi connectivity index (χ0n) is 11.7. The molecule has 0 spiro atoms. The zero-order chi connectivity index (χ0) is 14.0. The Morgan fingerprint density at radius 3 is 2.37 bits per heavy atom. The number of benzene rings is 2. The Morgan fingerprint density at radius 2 is 1.74 bits per heavy atom. The van der Waals surface area contributed by atoms with Crippen molar-refractivity contribution in [2.45, 2.75) is 32.7 Å². The van der Waals surface area contributed by atoms with Gasteiger partial charge < -0.3 is 5.73 Å². The molecule has 0 saturated heterocycles. The molecule has 0 bridgehead atoms. The van der Waals surface area contributed by atoms with Crippen LogP contribution in [0, 0.1) is 13.8 Å². The monoisotopic (exact) mass is 317 g/mol. The lowest BCUT2D eigenvalue weighted by atomic mass is 9.86. The molecule has 0 aliphatic heterocycles. The maximum Gasteiger partial charge on any atom is 0.0433 e. The lowest BCUT2D eigenvalue weighted by Gasteiger charge is -2.27. The molecule has 0 aliphatic carbocycles. The van der Waals surface area contributed by atoms with Gasteiger partial charge in [0.25, 0.3) is 0 Å². The molecular formula is C17H20BrN. The Bertz CT molecular complexity index is 588. The first-order chi connectivity index (χ1) is 8.90. The summed E-state index contributed by atoms with van der Waals surface area (Å²) in [7, 11) is 0. The van der Waals surface area contributed by atoms with Gasteiger partial charge in [-0.3, -0.25) is 0 Å². The van der Waals surface area contributed by atoms with E-state index >= 15 is 0 Å². The van der Waals surface area contributed by atoms with Crippen LogP contribution in [0.15, 0.2) is 46.9 Å². The Hall–Kier alpha value is -1.12. The molecule has 0 saturated carbocycles. The maximum atomic E-state index is 6.53. The largest absolute Gasteiger partial charge is 0.321 e. The minimum Gasteiger partial charge on any atom is -0.321 e. The first-order valence-electron chi connectivity index (χ1n) is 6.50. The van der Waals surface area contributed by atoms with Gasteiger partial charge in [0.05, 0.1) is 0 Å². The van der Waals surface area contributed by atoms with Crippen LogP contribution in [0.4, 0.5) is 0 Å². The molecule has 2 aromatic rings. The highest BCUT2D eigenvalue weighted by Gasteiger charge is 2.23. The molecule has 1 nitrogen and oxygen atoms in total. The molecular weight excluding hydrogens is 298 g/mol. The van der Waals surface area contributed by atoms with Crippen molar-refractivity contribution in [3.63, 3.8) is 0 Å². The van der Waals surface area contributed by atoms with Gasteiger partial charge in [-0.25, -0.2) is 0 Å². The van der Waals surface area contributed by atoms with Crippen LogP contribution in [-0.4, -0.2) is 0 Å². The molecule has 0 fully saturated rings. The van der Waals surface area contributed by atoms with Crippen LogP contribution in [0.25, 0.3) is 0 Å². The van der Waals surface area contributed by atoms with Crippen molar-refractivity contribution in [3.8, 4) is 0 Å². The third-order valence-electron chi connectivity index (χ3n) is 3.63. The van der Waals surface area contributed by atoms with E-state index in [4.69, 9.17) is 5.73 Å². The van der Waals surface area contributed by atoms with Crippen molar-refractivity contribution >= 4 is 15.9 Å². The molecule has 100 valence electrons. The summed E-state index contributed by atoms with van der Waals surface area (Å²) in [6.07, 6.45) is 0.830. The highest BCUT2D eigenvalue weighted by atomic mass is 79.9. The smallest absolute Gasteiger partial charge is 0.0433 e. The van der Waals surface area contributed by atoms with Crippen LogP contribution < -0.4 is 5.73 Å². The summed E-state index contributed by atoms with van der Waals surface area (Å²) < 4.78 is 1.07. The molecule has 1 atom stereocenters. The fourth-order valence-corrected chi connectivity index (χ4v) is 3.09. The Kier molecular flexibility index (Phi) is 4.12. The molecule has 2 N–H and O–H groups in total. The number of rotatable bonds is 3. The minimum atomic E-state index is -0.373. The molecule has 0 amide bonds. The van der Waals surface area contributed by atoms with Crippen LogP contribution in [-0.2, 0) is 12.0 Å². The average molecular weight is 318 g/mol. The van der Waals surface area contributed by atoms with Crippen molar-refractivity contribution in [2.75, 3.05) is 0 Å². The topological polar surface area (TPSA) is 26.0 Å². The van der Waals surface area contributed by atoms with Gasteiger partial charge in [0.1, 0.15) is 0 Å². The van der Waals surface area contributed by atoms with Crippen LogP contribution in [0.1, 0.15) is 29.2 Å². The van der Waals surface area contributed by atoms with E-state index in [0.717, 1.165) is 16.5 Å². The fraction of sp³-hybridized carbons (Fsp3) is 0.294. The number of hydrogen-bond donors (Lipinski definition) is 1. The first kappa shape index (κ1) is 14.3.